The molecule has 32 heavy (non-hydrogen) atoms. The van der Waals surface area contributed by atoms with Gasteiger partial charge in [-0.2, -0.15) is 0 Å². The van der Waals surface area contributed by atoms with E-state index in [0.717, 1.165) is 0 Å². The maximum absolute atomic E-state index is 12.4. The zero-order valence-electron chi connectivity index (χ0n) is 18.3. The summed E-state index contributed by atoms with van der Waals surface area (Å²) in [6, 6.07) is 12.2. The third-order valence-corrected chi connectivity index (χ3v) is 5.89. The van der Waals surface area contributed by atoms with Crippen molar-refractivity contribution in [3.63, 3.8) is 0 Å². The molecule has 4 N–H and O–H groups in total. The predicted molar refractivity (Wildman–Crippen MR) is 123 cm³/mol. The molecule has 0 atom stereocenters. The molecule has 9 nitrogen and oxygen atoms in total. The highest BCUT2D eigenvalue weighted by Crippen LogP contribution is 2.14. The number of rotatable bonds is 10. The Bertz CT molecular complexity index is 1050. The van der Waals surface area contributed by atoms with Gasteiger partial charge in [0.15, 0.2) is 0 Å². The standard InChI is InChI=1S/C22H28N4O5S/c1-4-20(27)25-17-9-11-19(12-10-17)32(30,31)24-14-13-23-22(29)16-5-7-18(8-6-16)26-21(28)15(2)3/h5-12,15,24H,4,13-14H2,1-3H3,(H,23,29)(H,25,27)(H,26,28). The van der Waals surface area contributed by atoms with Gasteiger partial charge in [0, 0.05) is 42.4 Å². The van der Waals surface area contributed by atoms with Crippen molar-refractivity contribution in [1.29, 1.82) is 0 Å². The summed E-state index contributed by atoms with van der Waals surface area (Å²) in [6.07, 6.45) is 0.326. The van der Waals surface area contributed by atoms with Crippen LogP contribution in [-0.4, -0.2) is 39.2 Å². The molecule has 0 fully saturated rings. The Morgan fingerprint density at radius 2 is 1.41 bits per heavy atom. The lowest BCUT2D eigenvalue weighted by atomic mass is 10.1. The number of nitrogens with one attached hydrogen (secondary N) is 4. The second kappa shape index (κ2) is 11.4. The molecule has 0 aliphatic rings. The molecule has 172 valence electrons. The van der Waals surface area contributed by atoms with Crippen LogP contribution in [0, 0.1) is 5.92 Å². The molecule has 0 saturated carbocycles. The van der Waals surface area contributed by atoms with Gasteiger partial charge in [-0.1, -0.05) is 20.8 Å². The van der Waals surface area contributed by atoms with E-state index in [1.807, 2.05) is 0 Å². The summed E-state index contributed by atoms with van der Waals surface area (Å²) in [7, 11) is -3.75. The summed E-state index contributed by atoms with van der Waals surface area (Å²) in [5.74, 6) is -0.789. The fourth-order valence-electron chi connectivity index (χ4n) is 2.51. The molecule has 2 rings (SSSR count). The topological polar surface area (TPSA) is 133 Å². The Kier molecular flexibility index (Phi) is 8.91. The van der Waals surface area contributed by atoms with E-state index in [-0.39, 0.29) is 41.6 Å². The number of sulfonamides is 1. The molecule has 0 heterocycles. The van der Waals surface area contributed by atoms with Crippen molar-refractivity contribution in [2.24, 2.45) is 5.92 Å². The van der Waals surface area contributed by atoms with E-state index in [4.69, 9.17) is 0 Å². The predicted octanol–water partition coefficient (Wildman–Crippen LogP) is 2.34. The first-order chi connectivity index (χ1) is 15.1. The minimum absolute atomic E-state index is 0.00489. The van der Waals surface area contributed by atoms with Crippen LogP contribution in [0.2, 0.25) is 0 Å². The van der Waals surface area contributed by atoms with Crippen molar-refractivity contribution in [2.75, 3.05) is 23.7 Å². The molecule has 0 bridgehead atoms. The van der Waals surface area contributed by atoms with Gasteiger partial charge in [0.1, 0.15) is 0 Å². The van der Waals surface area contributed by atoms with E-state index < -0.39 is 10.0 Å². The highest BCUT2D eigenvalue weighted by molar-refractivity contribution is 7.89. The Morgan fingerprint density at radius 1 is 0.844 bits per heavy atom. The van der Waals surface area contributed by atoms with Crippen LogP contribution in [0.3, 0.4) is 0 Å². The Hall–Kier alpha value is -3.24. The van der Waals surface area contributed by atoms with Crippen LogP contribution < -0.4 is 20.7 Å². The van der Waals surface area contributed by atoms with Crippen molar-refractivity contribution < 1.29 is 22.8 Å². The van der Waals surface area contributed by atoms with Crippen molar-refractivity contribution in [3.8, 4) is 0 Å². The third-order valence-electron chi connectivity index (χ3n) is 4.41. The minimum Gasteiger partial charge on any atom is -0.351 e. The molecule has 0 aliphatic carbocycles. The van der Waals surface area contributed by atoms with Crippen LogP contribution in [-0.2, 0) is 19.6 Å². The van der Waals surface area contributed by atoms with E-state index in [1.165, 1.54) is 24.3 Å². The molecule has 0 spiro atoms. The second-order valence-corrected chi connectivity index (χ2v) is 9.07. The highest BCUT2D eigenvalue weighted by atomic mass is 32.2. The quantitative estimate of drug-likeness (QED) is 0.404. The third kappa shape index (κ3) is 7.47. The van der Waals surface area contributed by atoms with Crippen molar-refractivity contribution in [1.82, 2.24) is 10.0 Å². The molecule has 10 heteroatoms. The zero-order valence-corrected chi connectivity index (χ0v) is 19.1. The van der Waals surface area contributed by atoms with E-state index in [1.54, 1.807) is 45.0 Å². The van der Waals surface area contributed by atoms with Crippen LogP contribution in [0.1, 0.15) is 37.6 Å². The molecular formula is C22H28N4O5S. The molecule has 2 aromatic rings. The Balaban J connectivity index is 1.82. The fraction of sp³-hybridized carbons (Fsp3) is 0.318. The van der Waals surface area contributed by atoms with Gasteiger partial charge in [-0.15, -0.1) is 0 Å². The first-order valence-corrected chi connectivity index (χ1v) is 11.7. The van der Waals surface area contributed by atoms with Gasteiger partial charge in [0.05, 0.1) is 4.90 Å². The molecule has 0 aliphatic heterocycles. The van der Waals surface area contributed by atoms with E-state index >= 15 is 0 Å². The van der Waals surface area contributed by atoms with Gasteiger partial charge in [-0.3, -0.25) is 14.4 Å². The molecule has 0 unspecified atom stereocenters. The lowest BCUT2D eigenvalue weighted by molar-refractivity contribution is -0.119. The molecule has 2 aromatic carbocycles. The largest absolute Gasteiger partial charge is 0.351 e. The summed E-state index contributed by atoms with van der Waals surface area (Å²) >= 11 is 0. The van der Waals surface area contributed by atoms with Crippen molar-refractivity contribution in [2.45, 2.75) is 32.1 Å². The molecule has 0 aromatic heterocycles. The molecule has 3 amide bonds. The number of hydrogen-bond donors (Lipinski definition) is 4. The lowest BCUT2D eigenvalue weighted by Gasteiger charge is -2.10. The van der Waals surface area contributed by atoms with E-state index in [9.17, 15) is 22.8 Å². The van der Waals surface area contributed by atoms with Gasteiger partial charge in [-0.25, -0.2) is 13.1 Å². The molecule has 0 radical (unpaired) electrons. The summed E-state index contributed by atoms with van der Waals surface area (Å²) in [4.78, 5) is 35.4. The number of carbonyl (C=O) groups is 3. The normalized spacial score (nSPS) is 11.1. The Morgan fingerprint density at radius 3 is 1.97 bits per heavy atom. The molecular weight excluding hydrogens is 432 g/mol. The summed E-state index contributed by atoms with van der Waals surface area (Å²) in [5.41, 5.74) is 1.49. The monoisotopic (exact) mass is 460 g/mol. The van der Waals surface area contributed by atoms with Crippen LogP contribution in [0.5, 0.6) is 0 Å². The second-order valence-electron chi connectivity index (χ2n) is 7.30. The number of carbonyl (C=O) groups excluding carboxylic acids is 3. The van der Waals surface area contributed by atoms with Crippen LogP contribution in [0.4, 0.5) is 11.4 Å². The SMILES string of the molecule is CCC(=O)Nc1ccc(S(=O)(=O)NCCNC(=O)c2ccc(NC(=O)C(C)C)cc2)cc1. The number of benzene rings is 2. The van der Waals surface area contributed by atoms with E-state index in [0.29, 0.717) is 23.4 Å². The van der Waals surface area contributed by atoms with Gasteiger partial charge >= 0.3 is 0 Å². The van der Waals surface area contributed by atoms with E-state index in [2.05, 4.69) is 20.7 Å². The van der Waals surface area contributed by atoms with Gasteiger partial charge in [0.2, 0.25) is 21.8 Å². The van der Waals surface area contributed by atoms with Gasteiger partial charge < -0.3 is 16.0 Å². The van der Waals surface area contributed by atoms with Crippen molar-refractivity contribution in [3.05, 3.63) is 54.1 Å². The smallest absolute Gasteiger partial charge is 0.251 e. The minimum atomic E-state index is -3.75. The first kappa shape index (κ1) is 25.0. The summed E-state index contributed by atoms with van der Waals surface area (Å²) in [5, 5.41) is 8.02. The number of anilines is 2. The van der Waals surface area contributed by atoms with Crippen LogP contribution >= 0.6 is 0 Å². The number of amides is 3. The summed E-state index contributed by atoms with van der Waals surface area (Å²) in [6.45, 7) is 5.39. The van der Waals surface area contributed by atoms with Crippen LogP contribution in [0.15, 0.2) is 53.4 Å². The highest BCUT2D eigenvalue weighted by Gasteiger charge is 2.14. The van der Waals surface area contributed by atoms with Gasteiger partial charge in [0.25, 0.3) is 5.91 Å². The Labute approximate surface area is 188 Å². The molecule has 0 saturated heterocycles. The number of hydrogen-bond acceptors (Lipinski definition) is 5. The average Bonchev–Trinajstić information content (AvgIpc) is 2.77. The van der Waals surface area contributed by atoms with Crippen LogP contribution in [0.25, 0.3) is 0 Å². The van der Waals surface area contributed by atoms with Crippen molar-refractivity contribution >= 4 is 39.1 Å². The van der Waals surface area contributed by atoms with Gasteiger partial charge in [-0.05, 0) is 48.5 Å². The average molecular weight is 461 g/mol. The zero-order chi connectivity index (χ0) is 23.7. The summed E-state index contributed by atoms with van der Waals surface area (Å²) < 4.78 is 27.1. The lowest BCUT2D eigenvalue weighted by Crippen LogP contribution is -2.34. The fourth-order valence-corrected chi connectivity index (χ4v) is 3.54. The maximum atomic E-state index is 12.4. The maximum Gasteiger partial charge on any atom is 0.251 e. The first-order valence-electron chi connectivity index (χ1n) is 10.2.